The number of carbonyl (C=O) groups is 1. The molecule has 188 valence electrons. The van der Waals surface area contributed by atoms with Gasteiger partial charge in [-0.1, -0.05) is 11.6 Å². The first-order valence-corrected chi connectivity index (χ1v) is 13.7. The molecule has 0 aliphatic heterocycles. The van der Waals surface area contributed by atoms with Crippen LogP contribution < -0.4 is 10.2 Å². The van der Waals surface area contributed by atoms with Crippen molar-refractivity contribution in [2.24, 2.45) is 0 Å². The molecule has 1 aliphatic rings. The lowest BCUT2D eigenvalue weighted by atomic mass is 10.2. The molecule has 1 aromatic carbocycles. The molecule has 12 heteroatoms. The smallest absolute Gasteiger partial charge is 0.272 e. The molecule has 1 amide bonds. The highest BCUT2D eigenvalue weighted by Crippen LogP contribution is 2.47. The number of thiol groups is 1. The highest BCUT2D eigenvalue weighted by molar-refractivity contribution is 7.73. The number of amides is 1. The van der Waals surface area contributed by atoms with E-state index in [4.69, 9.17) is 16.3 Å². The third-order valence-electron chi connectivity index (χ3n) is 5.60. The number of carbonyl (C=O) groups excluding carboxylic acids is 1. The van der Waals surface area contributed by atoms with Gasteiger partial charge in [-0.05, 0) is 55.2 Å². The molecular formula is C24H24ClN5O4S2. The van der Waals surface area contributed by atoms with E-state index in [0.29, 0.717) is 22.3 Å². The van der Waals surface area contributed by atoms with Gasteiger partial charge >= 0.3 is 0 Å². The molecular weight excluding hydrogens is 522 g/mol. The molecule has 0 bridgehead atoms. The second kappa shape index (κ2) is 11.8. The monoisotopic (exact) mass is 545 g/mol. The average molecular weight is 546 g/mol. The first-order chi connectivity index (χ1) is 17.4. The number of nitrogens with zero attached hydrogens (tertiary/aromatic N) is 4. The maximum atomic E-state index is 13.2. The zero-order chi connectivity index (χ0) is 25.7. The van der Waals surface area contributed by atoms with Gasteiger partial charge in [0, 0.05) is 36.9 Å². The van der Waals surface area contributed by atoms with Crippen LogP contribution in [0.5, 0.6) is 0 Å². The van der Waals surface area contributed by atoms with Crippen LogP contribution in [0.4, 0.5) is 10.8 Å². The van der Waals surface area contributed by atoms with Gasteiger partial charge in [-0.2, -0.15) is 5.26 Å². The minimum absolute atomic E-state index is 0.149. The molecule has 0 saturated heterocycles. The van der Waals surface area contributed by atoms with Crippen LogP contribution in [-0.2, 0) is 22.0 Å². The number of ether oxygens (including phenoxy) is 1. The summed E-state index contributed by atoms with van der Waals surface area (Å²) in [5.41, 5.74) is 2.27. The Kier molecular flexibility index (Phi) is 8.53. The van der Waals surface area contributed by atoms with E-state index in [9.17, 15) is 18.5 Å². The topological polar surface area (TPSA) is 125 Å². The highest BCUT2D eigenvalue weighted by Gasteiger charge is 2.34. The second-order valence-electron chi connectivity index (χ2n) is 8.25. The van der Waals surface area contributed by atoms with Crippen LogP contribution in [0.15, 0.2) is 42.6 Å². The molecule has 3 aromatic rings. The van der Waals surface area contributed by atoms with Crippen LogP contribution in [-0.4, -0.2) is 43.4 Å². The number of rotatable bonds is 11. The Morgan fingerprint density at radius 1 is 1.31 bits per heavy atom. The van der Waals surface area contributed by atoms with Crippen molar-refractivity contribution in [3.63, 3.8) is 0 Å². The van der Waals surface area contributed by atoms with Crippen LogP contribution in [0.3, 0.4) is 0 Å². The van der Waals surface area contributed by atoms with Gasteiger partial charge in [-0.15, -0.1) is 11.3 Å². The van der Waals surface area contributed by atoms with Gasteiger partial charge in [0.1, 0.15) is 11.1 Å². The number of methoxy groups -OCH3 is 1. The lowest BCUT2D eigenvalue weighted by Crippen LogP contribution is -2.37. The number of hydrogen-bond acceptors (Lipinski definition) is 9. The Labute approximate surface area is 219 Å². The number of hydrogen-bond donors (Lipinski definition) is 2. The molecule has 1 saturated carbocycles. The molecule has 1 aliphatic carbocycles. The van der Waals surface area contributed by atoms with Gasteiger partial charge in [0.05, 0.1) is 28.9 Å². The third kappa shape index (κ3) is 6.39. The zero-order valence-electron chi connectivity index (χ0n) is 19.4. The van der Waals surface area contributed by atoms with Crippen molar-refractivity contribution >= 4 is 50.4 Å². The largest absolute Gasteiger partial charge is 0.385 e. The molecule has 9 nitrogen and oxygen atoms in total. The lowest BCUT2D eigenvalue weighted by Gasteiger charge is -2.22. The van der Waals surface area contributed by atoms with E-state index in [1.807, 2.05) is 23.1 Å². The highest BCUT2D eigenvalue weighted by atomic mass is 35.5. The fourth-order valence-corrected chi connectivity index (χ4v) is 5.45. The predicted octanol–water partition coefficient (Wildman–Crippen LogP) is 3.98. The SMILES string of the molecule is COCCC(NC(=O)c1nc(N(Cc2ccc(Cl)cn2)c2ccc(C#N)cc2)sc1C1CC1)[SH](=O)=O. The van der Waals surface area contributed by atoms with Crippen molar-refractivity contribution in [1.82, 2.24) is 15.3 Å². The molecule has 1 fully saturated rings. The summed E-state index contributed by atoms with van der Waals surface area (Å²) in [5.74, 6) is -0.309. The predicted molar refractivity (Wildman–Crippen MR) is 138 cm³/mol. The van der Waals surface area contributed by atoms with Crippen molar-refractivity contribution in [2.45, 2.75) is 37.1 Å². The summed E-state index contributed by atoms with van der Waals surface area (Å²) in [4.78, 5) is 25.0. The van der Waals surface area contributed by atoms with Gasteiger partial charge in [0.2, 0.25) is 0 Å². The van der Waals surface area contributed by atoms with Gasteiger partial charge in [-0.3, -0.25) is 9.78 Å². The molecule has 0 radical (unpaired) electrons. The van der Waals surface area contributed by atoms with E-state index in [0.717, 1.165) is 29.1 Å². The number of thiazole rings is 1. The number of nitrogens with one attached hydrogen (secondary N) is 1. The van der Waals surface area contributed by atoms with Crippen molar-refractivity contribution in [3.8, 4) is 6.07 Å². The zero-order valence-corrected chi connectivity index (χ0v) is 21.9. The fourth-order valence-electron chi connectivity index (χ4n) is 3.55. The number of benzene rings is 1. The summed E-state index contributed by atoms with van der Waals surface area (Å²) in [6.45, 7) is 0.553. The Balaban J connectivity index is 1.69. The van der Waals surface area contributed by atoms with E-state index < -0.39 is 22.0 Å². The number of anilines is 2. The van der Waals surface area contributed by atoms with E-state index in [1.165, 1.54) is 18.4 Å². The van der Waals surface area contributed by atoms with Crippen LogP contribution in [0.25, 0.3) is 0 Å². The Morgan fingerprint density at radius 2 is 2.06 bits per heavy atom. The van der Waals surface area contributed by atoms with Crippen LogP contribution in [0.1, 0.15) is 51.8 Å². The molecule has 2 aromatic heterocycles. The number of nitriles is 1. The maximum Gasteiger partial charge on any atom is 0.272 e. The molecule has 36 heavy (non-hydrogen) atoms. The summed E-state index contributed by atoms with van der Waals surface area (Å²) >= 11 is 7.41. The summed E-state index contributed by atoms with van der Waals surface area (Å²) in [6, 6.07) is 12.7. The molecule has 1 N–H and O–H groups in total. The molecule has 4 rings (SSSR count). The van der Waals surface area contributed by atoms with Crippen LogP contribution in [0.2, 0.25) is 5.02 Å². The van der Waals surface area contributed by atoms with Gasteiger partial charge in [0.15, 0.2) is 15.8 Å². The summed E-state index contributed by atoms with van der Waals surface area (Å²) in [6.07, 6.45) is 3.60. The number of pyridine rings is 1. The Bertz CT molecular complexity index is 1320. The van der Waals surface area contributed by atoms with Crippen LogP contribution >= 0.6 is 22.9 Å². The molecule has 1 unspecified atom stereocenters. The second-order valence-corrected chi connectivity index (χ2v) is 10.9. The summed E-state index contributed by atoms with van der Waals surface area (Å²) < 4.78 is 28.3. The van der Waals surface area contributed by atoms with Gasteiger partial charge in [-0.25, -0.2) is 13.4 Å². The summed E-state index contributed by atoms with van der Waals surface area (Å²) in [5, 5.41) is 11.8. The first kappa shape index (κ1) is 26.0. The van der Waals surface area contributed by atoms with Gasteiger partial charge in [0.25, 0.3) is 5.91 Å². The molecule has 0 spiro atoms. The lowest BCUT2D eigenvalue weighted by molar-refractivity contribution is 0.0936. The maximum absolute atomic E-state index is 13.2. The Hall–Kier alpha value is -3.04. The van der Waals surface area contributed by atoms with Crippen molar-refractivity contribution in [3.05, 3.63) is 69.4 Å². The van der Waals surface area contributed by atoms with E-state index in [-0.39, 0.29) is 24.6 Å². The average Bonchev–Trinajstić information content (AvgIpc) is 3.64. The normalized spacial score (nSPS) is 13.8. The standard InChI is InChI=1S/C24H24ClN5O4S2/c1-34-11-10-20(36(32)33)28-23(31)21-22(16-4-5-16)35-24(29-21)30(14-18-7-6-17(25)13-27-18)19-8-2-15(12-26)3-9-19/h2-3,6-9,13,16,20,36H,4-5,10-11,14H2,1H3,(H,28,31). The third-order valence-corrected chi connectivity index (χ3v) is 7.96. The quantitative estimate of drug-likeness (QED) is 0.346. The number of halogens is 1. The van der Waals surface area contributed by atoms with E-state index in [1.54, 1.807) is 24.4 Å². The first-order valence-electron chi connectivity index (χ1n) is 11.2. The van der Waals surface area contributed by atoms with E-state index >= 15 is 0 Å². The Morgan fingerprint density at radius 3 is 2.64 bits per heavy atom. The minimum Gasteiger partial charge on any atom is -0.385 e. The molecule has 2 heterocycles. The van der Waals surface area contributed by atoms with E-state index in [2.05, 4.69) is 21.4 Å². The minimum atomic E-state index is -2.88. The number of aromatic nitrogens is 2. The summed E-state index contributed by atoms with van der Waals surface area (Å²) in [7, 11) is -1.41. The van der Waals surface area contributed by atoms with Crippen LogP contribution in [0, 0.1) is 11.3 Å². The fraction of sp³-hybridized carbons (Fsp3) is 0.333. The molecule has 1 atom stereocenters. The van der Waals surface area contributed by atoms with Crippen molar-refractivity contribution in [2.75, 3.05) is 18.6 Å². The van der Waals surface area contributed by atoms with Crippen molar-refractivity contribution in [1.29, 1.82) is 5.26 Å². The van der Waals surface area contributed by atoms with Crippen molar-refractivity contribution < 1.29 is 17.9 Å². The van der Waals surface area contributed by atoms with Gasteiger partial charge < -0.3 is 15.0 Å².